The largest absolute Gasteiger partial charge is 0.353 e. The number of rotatable bonds is 6. The highest BCUT2D eigenvalue weighted by Crippen LogP contribution is 2.11. The van der Waals surface area contributed by atoms with Crippen LogP contribution in [0.15, 0.2) is 42.7 Å². The fourth-order valence-electron chi connectivity index (χ4n) is 2.23. The summed E-state index contributed by atoms with van der Waals surface area (Å²) in [6, 6.07) is 10.9. The minimum atomic E-state index is 0.371. The van der Waals surface area contributed by atoms with E-state index in [0.29, 0.717) is 12.0 Å². The topological polar surface area (TPSA) is 29.9 Å². The first kappa shape index (κ1) is 13.7. The highest BCUT2D eigenvalue weighted by Gasteiger charge is 2.08. The van der Waals surface area contributed by atoms with Crippen LogP contribution in [0.1, 0.15) is 26.3 Å². The zero-order valence-electron chi connectivity index (χ0n) is 12.0. The highest BCUT2D eigenvalue weighted by molar-refractivity contribution is 5.28. The molecule has 0 amide bonds. The van der Waals surface area contributed by atoms with E-state index in [9.17, 15) is 0 Å². The monoisotopic (exact) mass is 257 g/mol. The van der Waals surface area contributed by atoms with Gasteiger partial charge in [0.15, 0.2) is 0 Å². The number of hydrogen-bond acceptors (Lipinski definition) is 2. The van der Waals surface area contributed by atoms with Crippen molar-refractivity contribution < 1.29 is 0 Å². The maximum absolute atomic E-state index is 4.40. The second-order valence-electron chi connectivity index (χ2n) is 5.53. The molecule has 3 nitrogen and oxygen atoms in total. The van der Waals surface area contributed by atoms with Crippen LogP contribution in [0.2, 0.25) is 0 Å². The van der Waals surface area contributed by atoms with Gasteiger partial charge in [-0.3, -0.25) is 0 Å². The van der Waals surface area contributed by atoms with E-state index in [1.165, 1.54) is 5.56 Å². The molecule has 102 valence electrons. The van der Waals surface area contributed by atoms with Crippen molar-refractivity contribution in [2.45, 2.75) is 39.8 Å². The van der Waals surface area contributed by atoms with Crippen molar-refractivity contribution in [1.29, 1.82) is 0 Å². The second kappa shape index (κ2) is 6.41. The first-order valence-electron chi connectivity index (χ1n) is 6.96. The predicted molar refractivity (Wildman–Crippen MR) is 80.3 cm³/mol. The van der Waals surface area contributed by atoms with E-state index in [4.69, 9.17) is 0 Å². The van der Waals surface area contributed by atoms with Crippen molar-refractivity contribution >= 4 is 5.95 Å². The summed E-state index contributed by atoms with van der Waals surface area (Å²) in [7, 11) is 0. The van der Waals surface area contributed by atoms with E-state index < -0.39 is 0 Å². The molecule has 0 radical (unpaired) electrons. The quantitative estimate of drug-likeness (QED) is 0.857. The Bertz CT molecular complexity index is 488. The Kier molecular flexibility index (Phi) is 4.61. The predicted octanol–water partition coefficient (Wildman–Crippen LogP) is 3.58. The molecule has 2 rings (SSSR count). The average Bonchev–Trinajstić information content (AvgIpc) is 2.77. The van der Waals surface area contributed by atoms with Gasteiger partial charge in [0, 0.05) is 25.0 Å². The minimum Gasteiger partial charge on any atom is -0.353 e. The Balaban J connectivity index is 1.95. The molecule has 1 unspecified atom stereocenters. The Hall–Kier alpha value is -1.77. The summed E-state index contributed by atoms with van der Waals surface area (Å²) in [5, 5.41) is 3.50. The summed E-state index contributed by atoms with van der Waals surface area (Å²) in [6.07, 6.45) is 4.91. The second-order valence-corrected chi connectivity index (χ2v) is 5.53. The lowest BCUT2D eigenvalue weighted by Gasteiger charge is -2.17. The molecular formula is C16H23N3. The lowest BCUT2D eigenvalue weighted by Crippen LogP contribution is -2.21. The van der Waals surface area contributed by atoms with E-state index >= 15 is 0 Å². The molecule has 0 saturated heterocycles. The molecule has 0 saturated carbocycles. The average molecular weight is 257 g/mol. The lowest BCUT2D eigenvalue weighted by molar-refractivity contribution is 0.524. The smallest absolute Gasteiger partial charge is 0.202 e. The number of nitrogens with zero attached hydrogens (tertiary/aromatic N) is 2. The van der Waals surface area contributed by atoms with Crippen LogP contribution in [-0.2, 0) is 13.0 Å². The van der Waals surface area contributed by atoms with E-state index in [1.807, 2.05) is 12.4 Å². The first-order valence-corrected chi connectivity index (χ1v) is 6.96. The molecule has 0 aliphatic carbocycles. The molecule has 1 aromatic heterocycles. The normalized spacial score (nSPS) is 12.6. The van der Waals surface area contributed by atoms with Crippen molar-refractivity contribution in [3.05, 3.63) is 48.3 Å². The molecule has 19 heavy (non-hydrogen) atoms. The van der Waals surface area contributed by atoms with Crippen molar-refractivity contribution in [2.24, 2.45) is 5.92 Å². The molecule has 1 heterocycles. The third-order valence-corrected chi connectivity index (χ3v) is 3.04. The number of anilines is 1. The zero-order valence-corrected chi connectivity index (χ0v) is 12.0. The van der Waals surface area contributed by atoms with Crippen LogP contribution < -0.4 is 5.32 Å². The van der Waals surface area contributed by atoms with Crippen LogP contribution in [0.25, 0.3) is 0 Å². The number of nitrogens with one attached hydrogen (secondary N) is 1. The standard InChI is InChI=1S/C16H23N3/c1-13(2)12-19-10-9-17-16(19)18-14(3)11-15-7-5-4-6-8-15/h4-10,13-14H,11-12H2,1-3H3,(H,17,18). The Morgan fingerprint density at radius 1 is 1.16 bits per heavy atom. The molecule has 0 spiro atoms. The van der Waals surface area contributed by atoms with Crippen LogP contribution in [0.4, 0.5) is 5.95 Å². The highest BCUT2D eigenvalue weighted by atomic mass is 15.2. The molecule has 3 heteroatoms. The molecule has 0 aliphatic rings. The maximum Gasteiger partial charge on any atom is 0.202 e. The summed E-state index contributed by atoms with van der Waals surface area (Å²) in [6.45, 7) is 7.64. The Morgan fingerprint density at radius 3 is 2.58 bits per heavy atom. The molecule has 0 aliphatic heterocycles. The summed E-state index contributed by atoms with van der Waals surface area (Å²) >= 11 is 0. The first-order chi connectivity index (χ1) is 9.15. The summed E-state index contributed by atoms with van der Waals surface area (Å²) < 4.78 is 2.19. The van der Waals surface area contributed by atoms with Gasteiger partial charge in [0.25, 0.3) is 0 Å². The van der Waals surface area contributed by atoms with Gasteiger partial charge in [-0.1, -0.05) is 44.2 Å². The lowest BCUT2D eigenvalue weighted by atomic mass is 10.1. The Morgan fingerprint density at radius 2 is 1.89 bits per heavy atom. The third-order valence-electron chi connectivity index (χ3n) is 3.04. The van der Waals surface area contributed by atoms with Gasteiger partial charge < -0.3 is 9.88 Å². The third kappa shape index (κ3) is 4.12. The zero-order chi connectivity index (χ0) is 13.7. The van der Waals surface area contributed by atoms with E-state index in [2.05, 4.69) is 66.0 Å². The number of imidazole rings is 1. The SMILES string of the molecule is CC(C)Cn1ccnc1NC(C)Cc1ccccc1. The molecule has 1 atom stereocenters. The number of aromatic nitrogens is 2. The molecular weight excluding hydrogens is 234 g/mol. The van der Waals surface area contributed by atoms with Crippen LogP contribution >= 0.6 is 0 Å². The maximum atomic E-state index is 4.40. The van der Waals surface area contributed by atoms with Crippen LogP contribution in [0.3, 0.4) is 0 Å². The Labute approximate surface area is 115 Å². The molecule has 1 N–H and O–H groups in total. The fourth-order valence-corrected chi connectivity index (χ4v) is 2.23. The summed E-state index contributed by atoms with van der Waals surface area (Å²) in [5.74, 6) is 1.59. The molecule has 0 bridgehead atoms. The van der Waals surface area contributed by atoms with Crippen molar-refractivity contribution in [1.82, 2.24) is 9.55 Å². The van der Waals surface area contributed by atoms with Gasteiger partial charge >= 0.3 is 0 Å². The molecule has 1 aromatic carbocycles. The van der Waals surface area contributed by atoms with E-state index in [1.54, 1.807) is 0 Å². The van der Waals surface area contributed by atoms with Gasteiger partial charge in [-0.05, 0) is 24.8 Å². The summed E-state index contributed by atoms with van der Waals surface area (Å²) in [5.41, 5.74) is 1.35. The molecule has 0 fully saturated rings. The van der Waals surface area contributed by atoms with E-state index in [0.717, 1.165) is 18.9 Å². The van der Waals surface area contributed by atoms with Gasteiger partial charge in [0.2, 0.25) is 5.95 Å². The number of hydrogen-bond donors (Lipinski definition) is 1. The van der Waals surface area contributed by atoms with Gasteiger partial charge in [-0.2, -0.15) is 0 Å². The number of benzene rings is 1. The van der Waals surface area contributed by atoms with Gasteiger partial charge in [0.1, 0.15) is 0 Å². The van der Waals surface area contributed by atoms with Crippen molar-refractivity contribution in [3.8, 4) is 0 Å². The van der Waals surface area contributed by atoms with Gasteiger partial charge in [-0.15, -0.1) is 0 Å². The van der Waals surface area contributed by atoms with Crippen molar-refractivity contribution in [3.63, 3.8) is 0 Å². The van der Waals surface area contributed by atoms with Crippen molar-refractivity contribution in [2.75, 3.05) is 5.32 Å². The fraction of sp³-hybridized carbons (Fsp3) is 0.438. The minimum absolute atomic E-state index is 0.371. The van der Waals surface area contributed by atoms with Crippen LogP contribution in [-0.4, -0.2) is 15.6 Å². The summed E-state index contributed by atoms with van der Waals surface area (Å²) in [4.78, 5) is 4.40. The van der Waals surface area contributed by atoms with Gasteiger partial charge in [0.05, 0.1) is 0 Å². The van der Waals surface area contributed by atoms with Gasteiger partial charge in [-0.25, -0.2) is 4.98 Å². The van der Waals surface area contributed by atoms with Crippen LogP contribution in [0, 0.1) is 5.92 Å². The molecule has 2 aromatic rings. The van der Waals surface area contributed by atoms with E-state index in [-0.39, 0.29) is 0 Å². The van der Waals surface area contributed by atoms with Crippen LogP contribution in [0.5, 0.6) is 0 Å².